The predicted molar refractivity (Wildman–Crippen MR) is 52.6 cm³/mol. The van der Waals surface area contributed by atoms with Crippen LogP contribution in [0.5, 0.6) is 0 Å². The largest absolute Gasteiger partial charge is 0.480 e. The second-order valence-corrected chi connectivity index (χ2v) is 3.97. The van der Waals surface area contributed by atoms with E-state index in [1.54, 1.807) is 0 Å². The van der Waals surface area contributed by atoms with Crippen molar-refractivity contribution >= 4 is 22.4 Å². The molecule has 1 N–H and O–H groups in total. The first-order valence-corrected chi connectivity index (χ1v) is 5.10. The highest BCUT2D eigenvalue weighted by Gasteiger charge is 2.34. The van der Waals surface area contributed by atoms with E-state index < -0.39 is 23.9 Å². The molecule has 0 bridgehead atoms. The lowest BCUT2D eigenvalue weighted by atomic mass is 10.3. The van der Waals surface area contributed by atoms with Crippen molar-refractivity contribution in [1.29, 1.82) is 0 Å². The highest BCUT2D eigenvalue weighted by Crippen LogP contribution is 2.32. The highest BCUT2D eigenvalue weighted by molar-refractivity contribution is 7.13. The number of carboxylic acid groups (broad SMARTS) is 1. The lowest BCUT2D eigenvalue weighted by Gasteiger charge is -2.20. The van der Waals surface area contributed by atoms with Gasteiger partial charge in [0.1, 0.15) is 6.04 Å². The number of rotatable bonds is 3. The predicted octanol–water partition coefficient (Wildman–Crippen LogP) is 2.07. The van der Waals surface area contributed by atoms with Gasteiger partial charge in [0.2, 0.25) is 0 Å². The minimum atomic E-state index is -4.50. The maximum absolute atomic E-state index is 12.2. The number of anilines is 1. The molecule has 0 aromatic carbocycles. The van der Waals surface area contributed by atoms with E-state index in [2.05, 4.69) is 4.98 Å². The van der Waals surface area contributed by atoms with Gasteiger partial charge in [-0.2, -0.15) is 13.2 Å². The third-order valence-corrected chi connectivity index (χ3v) is 2.95. The Hall–Kier alpha value is -1.31. The summed E-state index contributed by atoms with van der Waals surface area (Å²) in [6.07, 6.45) is -4.50. The Balaban J connectivity index is 2.90. The number of hydrogen-bond donors (Lipinski definition) is 1. The Bertz CT molecular complexity index is 391. The van der Waals surface area contributed by atoms with Gasteiger partial charge in [-0.05, 0) is 6.92 Å². The number of aliphatic carboxylic acids is 1. The van der Waals surface area contributed by atoms with Gasteiger partial charge in [-0.25, -0.2) is 9.78 Å². The molecule has 0 spiro atoms. The Morgan fingerprint density at radius 2 is 2.19 bits per heavy atom. The third kappa shape index (κ3) is 2.63. The molecule has 1 unspecified atom stereocenters. The summed E-state index contributed by atoms with van der Waals surface area (Å²) >= 11 is 0.762. The number of halogens is 3. The molecular weight excluding hydrogens is 245 g/mol. The van der Waals surface area contributed by atoms with Crippen LogP contribution in [0, 0.1) is 0 Å². The molecule has 0 aliphatic heterocycles. The maximum Gasteiger partial charge on any atom is 0.434 e. The molecule has 1 aromatic rings. The van der Waals surface area contributed by atoms with Crippen LogP contribution >= 0.6 is 11.3 Å². The van der Waals surface area contributed by atoms with Crippen LogP contribution in [-0.4, -0.2) is 29.1 Å². The fourth-order valence-corrected chi connectivity index (χ4v) is 1.77. The van der Waals surface area contributed by atoms with E-state index in [4.69, 9.17) is 5.11 Å². The average molecular weight is 254 g/mol. The molecular formula is C8H9F3N2O2S. The molecule has 4 nitrogen and oxygen atoms in total. The Kier molecular flexibility index (Phi) is 3.41. The van der Waals surface area contributed by atoms with Crippen LogP contribution in [-0.2, 0) is 11.0 Å². The van der Waals surface area contributed by atoms with Crippen LogP contribution in [0.2, 0.25) is 0 Å². The Morgan fingerprint density at radius 3 is 2.56 bits per heavy atom. The van der Waals surface area contributed by atoms with Gasteiger partial charge in [0.15, 0.2) is 10.8 Å². The van der Waals surface area contributed by atoms with E-state index in [1.807, 2.05) is 0 Å². The van der Waals surface area contributed by atoms with E-state index in [9.17, 15) is 18.0 Å². The SMILES string of the molecule is CC(C(=O)O)N(C)c1nc(C(F)(F)F)cs1. The zero-order chi connectivity index (χ0) is 12.5. The van der Waals surface area contributed by atoms with Crippen molar-refractivity contribution in [3.05, 3.63) is 11.1 Å². The van der Waals surface area contributed by atoms with Crippen LogP contribution in [0.1, 0.15) is 12.6 Å². The van der Waals surface area contributed by atoms with Gasteiger partial charge >= 0.3 is 12.1 Å². The van der Waals surface area contributed by atoms with E-state index in [-0.39, 0.29) is 5.13 Å². The Morgan fingerprint density at radius 1 is 1.62 bits per heavy atom. The van der Waals surface area contributed by atoms with Gasteiger partial charge < -0.3 is 10.0 Å². The van der Waals surface area contributed by atoms with Gasteiger partial charge in [-0.15, -0.1) is 11.3 Å². The van der Waals surface area contributed by atoms with Crippen molar-refractivity contribution in [2.24, 2.45) is 0 Å². The van der Waals surface area contributed by atoms with Gasteiger partial charge in [-0.1, -0.05) is 0 Å². The molecule has 0 fully saturated rings. The third-order valence-electron chi connectivity index (χ3n) is 2.02. The van der Waals surface area contributed by atoms with Crippen molar-refractivity contribution < 1.29 is 23.1 Å². The van der Waals surface area contributed by atoms with Crippen molar-refractivity contribution in [3.63, 3.8) is 0 Å². The van der Waals surface area contributed by atoms with Crippen molar-refractivity contribution in [3.8, 4) is 0 Å². The lowest BCUT2D eigenvalue weighted by molar-refractivity contribution is -0.140. The zero-order valence-electron chi connectivity index (χ0n) is 8.45. The lowest BCUT2D eigenvalue weighted by Crippen LogP contribution is -2.35. The molecule has 0 amide bonds. The van der Waals surface area contributed by atoms with Crippen molar-refractivity contribution in [1.82, 2.24) is 4.98 Å². The molecule has 0 saturated carbocycles. The van der Waals surface area contributed by atoms with E-state index in [1.165, 1.54) is 18.9 Å². The fraction of sp³-hybridized carbons (Fsp3) is 0.500. The summed E-state index contributed by atoms with van der Waals surface area (Å²) in [5.41, 5.74) is -1.00. The maximum atomic E-state index is 12.2. The van der Waals surface area contributed by atoms with Crippen molar-refractivity contribution in [2.45, 2.75) is 19.1 Å². The van der Waals surface area contributed by atoms with E-state index in [0.29, 0.717) is 0 Å². The molecule has 90 valence electrons. The summed E-state index contributed by atoms with van der Waals surface area (Å²) in [6.45, 7) is 1.37. The molecule has 8 heteroatoms. The van der Waals surface area contributed by atoms with Crippen LogP contribution in [0.25, 0.3) is 0 Å². The summed E-state index contributed by atoms with van der Waals surface area (Å²) in [5.74, 6) is -1.12. The number of carboxylic acids is 1. The van der Waals surface area contributed by atoms with Crippen LogP contribution in [0.3, 0.4) is 0 Å². The first kappa shape index (κ1) is 12.8. The minimum Gasteiger partial charge on any atom is -0.480 e. The fourth-order valence-electron chi connectivity index (χ4n) is 0.888. The van der Waals surface area contributed by atoms with Gasteiger partial charge in [0, 0.05) is 12.4 Å². The van der Waals surface area contributed by atoms with Gasteiger partial charge in [0.25, 0.3) is 0 Å². The molecule has 1 atom stereocenters. The number of carbonyl (C=O) groups is 1. The summed E-state index contributed by atoms with van der Waals surface area (Å²) in [4.78, 5) is 15.2. The molecule has 0 saturated heterocycles. The average Bonchev–Trinajstić information content (AvgIpc) is 2.63. The minimum absolute atomic E-state index is 0.0298. The molecule has 0 radical (unpaired) electrons. The zero-order valence-corrected chi connectivity index (χ0v) is 9.26. The first-order chi connectivity index (χ1) is 7.23. The van der Waals surface area contributed by atoms with Crippen LogP contribution < -0.4 is 4.90 Å². The summed E-state index contributed by atoms with van der Waals surface area (Å²) < 4.78 is 36.7. The molecule has 0 aliphatic rings. The molecule has 1 rings (SSSR count). The highest BCUT2D eigenvalue weighted by atomic mass is 32.1. The van der Waals surface area contributed by atoms with E-state index in [0.717, 1.165) is 16.7 Å². The van der Waals surface area contributed by atoms with Crippen LogP contribution in [0.4, 0.5) is 18.3 Å². The number of thiazole rings is 1. The van der Waals surface area contributed by atoms with E-state index >= 15 is 0 Å². The van der Waals surface area contributed by atoms with Crippen LogP contribution in [0.15, 0.2) is 5.38 Å². The normalized spacial score (nSPS) is 13.6. The number of nitrogens with zero attached hydrogens (tertiary/aromatic N) is 2. The topological polar surface area (TPSA) is 53.4 Å². The van der Waals surface area contributed by atoms with Gasteiger partial charge in [-0.3, -0.25) is 0 Å². The second kappa shape index (κ2) is 4.28. The van der Waals surface area contributed by atoms with Crippen molar-refractivity contribution in [2.75, 3.05) is 11.9 Å². The quantitative estimate of drug-likeness (QED) is 0.897. The molecule has 1 aromatic heterocycles. The molecule has 16 heavy (non-hydrogen) atoms. The number of aromatic nitrogens is 1. The smallest absolute Gasteiger partial charge is 0.434 e. The monoisotopic (exact) mass is 254 g/mol. The number of likely N-dealkylation sites (N-methyl/N-ethyl adjacent to an activating group) is 1. The second-order valence-electron chi connectivity index (χ2n) is 3.14. The summed E-state index contributed by atoms with van der Waals surface area (Å²) in [6, 6.07) is -0.924. The summed E-state index contributed by atoms with van der Waals surface area (Å²) in [7, 11) is 1.39. The molecule has 0 aliphatic carbocycles. The van der Waals surface area contributed by atoms with Gasteiger partial charge in [0.05, 0.1) is 0 Å². The molecule has 1 heterocycles. The number of hydrogen-bond acceptors (Lipinski definition) is 4. The Labute approximate surface area is 93.3 Å². The first-order valence-electron chi connectivity index (χ1n) is 4.22. The standard InChI is InChI=1S/C8H9F3N2O2S/c1-4(6(14)15)13(2)7-12-5(3-16-7)8(9,10)11/h3-4H,1-2H3,(H,14,15). The number of alkyl halides is 3. The summed E-state index contributed by atoms with van der Waals surface area (Å²) in [5, 5.41) is 9.58.